The summed E-state index contributed by atoms with van der Waals surface area (Å²) in [5, 5.41) is 17.8. The van der Waals surface area contributed by atoms with Crippen LogP contribution in [0.5, 0.6) is 5.75 Å². The number of amides is 1. The third-order valence-electron chi connectivity index (χ3n) is 6.34. The number of hydrogen-bond acceptors (Lipinski definition) is 8. The van der Waals surface area contributed by atoms with E-state index in [1.54, 1.807) is 34.8 Å². The van der Waals surface area contributed by atoms with Gasteiger partial charge in [0.2, 0.25) is 15.9 Å². The van der Waals surface area contributed by atoms with Crippen LogP contribution in [0.4, 0.5) is 0 Å². The molecule has 2 aromatic rings. The molecular weight excluding hydrogens is 474 g/mol. The fourth-order valence-corrected chi connectivity index (χ4v) is 5.21. The van der Waals surface area contributed by atoms with Crippen molar-refractivity contribution in [3.63, 3.8) is 0 Å². The van der Waals surface area contributed by atoms with Gasteiger partial charge in [-0.1, -0.05) is 12.1 Å². The van der Waals surface area contributed by atoms with Crippen LogP contribution in [0.1, 0.15) is 32.4 Å². The molecule has 1 aliphatic heterocycles. The summed E-state index contributed by atoms with van der Waals surface area (Å²) in [5.74, 6) is 0.277. The number of aliphatic hydroxyl groups excluding tert-OH is 1. The molecule has 0 unspecified atom stereocenters. The van der Waals surface area contributed by atoms with Crippen molar-refractivity contribution in [2.75, 3.05) is 33.9 Å². The van der Waals surface area contributed by atoms with Gasteiger partial charge in [-0.25, -0.2) is 13.1 Å². The first-order valence-corrected chi connectivity index (χ1v) is 13.1. The normalized spacial score (nSPS) is 21.2. The van der Waals surface area contributed by atoms with Gasteiger partial charge in [0, 0.05) is 39.0 Å². The van der Waals surface area contributed by atoms with E-state index in [1.165, 1.54) is 30.6 Å². The van der Waals surface area contributed by atoms with Gasteiger partial charge in [-0.05, 0) is 37.6 Å². The van der Waals surface area contributed by atoms with E-state index >= 15 is 0 Å². The summed E-state index contributed by atoms with van der Waals surface area (Å²) in [6.45, 7) is 4.68. The zero-order chi connectivity index (χ0) is 25.6. The molecule has 1 N–H and O–H groups in total. The van der Waals surface area contributed by atoms with Gasteiger partial charge in [-0.3, -0.25) is 4.79 Å². The van der Waals surface area contributed by atoms with E-state index in [1.807, 2.05) is 6.92 Å². The summed E-state index contributed by atoms with van der Waals surface area (Å²) in [6.07, 6.45) is 1.99. The molecule has 35 heavy (non-hydrogen) atoms. The van der Waals surface area contributed by atoms with E-state index in [2.05, 4.69) is 10.3 Å². The molecule has 3 atom stereocenters. The van der Waals surface area contributed by atoms with E-state index in [-0.39, 0.29) is 42.5 Å². The Kier molecular flexibility index (Phi) is 9.22. The highest BCUT2D eigenvalue weighted by atomic mass is 32.2. The number of hydrogen-bond donors (Lipinski definition) is 1. The highest BCUT2D eigenvalue weighted by Gasteiger charge is 2.31. The maximum Gasteiger partial charge on any atom is 0.242 e. The highest BCUT2D eigenvalue weighted by Crippen LogP contribution is 2.22. The lowest BCUT2D eigenvalue weighted by atomic mass is 10.0. The molecule has 3 rings (SSSR count). The molecule has 0 spiro atoms. The Morgan fingerprint density at radius 3 is 2.69 bits per heavy atom. The number of fused-ring (bicyclic) bond motifs is 1. The lowest BCUT2D eigenvalue weighted by Crippen LogP contribution is -2.47. The molecule has 11 nitrogen and oxygen atoms in total. The van der Waals surface area contributed by atoms with Crippen molar-refractivity contribution in [3.05, 3.63) is 36.2 Å². The van der Waals surface area contributed by atoms with Crippen LogP contribution >= 0.6 is 0 Å². The summed E-state index contributed by atoms with van der Waals surface area (Å²) in [6, 6.07) is 5.84. The van der Waals surface area contributed by atoms with E-state index in [0.717, 1.165) is 5.69 Å². The van der Waals surface area contributed by atoms with Gasteiger partial charge in [-0.2, -0.15) is 4.31 Å². The van der Waals surface area contributed by atoms with Gasteiger partial charge >= 0.3 is 0 Å². The molecule has 0 aliphatic carbocycles. The van der Waals surface area contributed by atoms with Crippen LogP contribution in [-0.2, 0) is 32.7 Å². The standard InChI is InChI=1S/C23H35N5O6S/c1-17-13-27(18(2)15-29)23(30)6-5-11-28-19(12-24-25-28)16-34-22(17)14-26(3)35(31,32)21-9-7-20(33-4)8-10-21/h7-10,12,17-18,22,29H,5-6,11,13-16H2,1-4H3/t17-,18+,22+/m1/s1. The first-order chi connectivity index (χ1) is 16.7. The largest absolute Gasteiger partial charge is 0.497 e. The smallest absolute Gasteiger partial charge is 0.242 e. The molecule has 0 saturated carbocycles. The number of rotatable bonds is 7. The molecule has 0 saturated heterocycles. The number of carbonyl (C=O) groups is 1. The first-order valence-electron chi connectivity index (χ1n) is 11.7. The summed E-state index contributed by atoms with van der Waals surface area (Å²) in [7, 11) is -0.755. The van der Waals surface area contributed by atoms with E-state index in [4.69, 9.17) is 9.47 Å². The van der Waals surface area contributed by atoms with Gasteiger partial charge < -0.3 is 19.5 Å². The van der Waals surface area contributed by atoms with Crippen molar-refractivity contribution in [1.29, 1.82) is 0 Å². The predicted molar refractivity (Wildman–Crippen MR) is 128 cm³/mol. The van der Waals surface area contributed by atoms with Crippen molar-refractivity contribution in [2.45, 2.75) is 56.9 Å². The number of methoxy groups -OCH3 is 1. The second-order valence-electron chi connectivity index (χ2n) is 8.92. The predicted octanol–water partition coefficient (Wildman–Crippen LogP) is 1.13. The lowest BCUT2D eigenvalue weighted by Gasteiger charge is -2.35. The number of aliphatic hydroxyl groups is 1. The molecule has 0 radical (unpaired) electrons. The van der Waals surface area contributed by atoms with Gasteiger partial charge in [-0.15, -0.1) is 5.10 Å². The van der Waals surface area contributed by atoms with Gasteiger partial charge in [0.15, 0.2) is 0 Å². The van der Waals surface area contributed by atoms with Gasteiger partial charge in [0.25, 0.3) is 0 Å². The van der Waals surface area contributed by atoms with Gasteiger partial charge in [0.05, 0.1) is 49.3 Å². The molecule has 2 heterocycles. The number of ether oxygens (including phenoxy) is 2. The van der Waals surface area contributed by atoms with Crippen LogP contribution in [0.25, 0.3) is 0 Å². The fourth-order valence-electron chi connectivity index (χ4n) is 4.03. The van der Waals surface area contributed by atoms with E-state index in [9.17, 15) is 18.3 Å². The zero-order valence-corrected chi connectivity index (χ0v) is 21.5. The summed E-state index contributed by atoms with van der Waals surface area (Å²) < 4.78 is 40.8. The molecule has 1 amide bonds. The van der Waals surface area contributed by atoms with Crippen molar-refractivity contribution >= 4 is 15.9 Å². The molecule has 0 bridgehead atoms. The minimum absolute atomic E-state index is 0.0707. The topological polar surface area (TPSA) is 127 Å². The molecule has 1 aromatic carbocycles. The maximum absolute atomic E-state index is 13.2. The Hall–Kier alpha value is -2.54. The average Bonchev–Trinajstić information content (AvgIpc) is 3.30. The lowest BCUT2D eigenvalue weighted by molar-refractivity contribution is -0.136. The van der Waals surface area contributed by atoms with Crippen molar-refractivity contribution in [1.82, 2.24) is 24.2 Å². The number of carbonyl (C=O) groups excluding carboxylic acids is 1. The fraction of sp³-hybridized carbons (Fsp3) is 0.609. The second kappa shape index (κ2) is 11.9. The van der Waals surface area contributed by atoms with Crippen molar-refractivity contribution < 1.29 is 27.8 Å². The van der Waals surface area contributed by atoms with E-state index in [0.29, 0.717) is 31.7 Å². The average molecular weight is 510 g/mol. The number of benzene rings is 1. The Labute approximate surface area is 206 Å². The van der Waals surface area contributed by atoms with Crippen LogP contribution < -0.4 is 4.74 Å². The van der Waals surface area contributed by atoms with Crippen molar-refractivity contribution in [2.24, 2.45) is 5.92 Å². The first kappa shape index (κ1) is 27.1. The van der Waals surface area contributed by atoms with Gasteiger partial charge in [0.1, 0.15) is 5.75 Å². The number of aromatic nitrogens is 3. The number of aryl methyl sites for hydroxylation is 1. The highest BCUT2D eigenvalue weighted by molar-refractivity contribution is 7.89. The Bertz CT molecular complexity index is 1070. The Balaban J connectivity index is 1.86. The van der Waals surface area contributed by atoms with Crippen molar-refractivity contribution in [3.8, 4) is 5.75 Å². The third-order valence-corrected chi connectivity index (χ3v) is 8.18. The third kappa shape index (κ3) is 6.57. The summed E-state index contributed by atoms with van der Waals surface area (Å²) in [5.41, 5.74) is 0.761. The SMILES string of the molecule is COc1ccc(S(=O)(=O)N(C)C[C@@H]2OCc3cnnn3CCCC(=O)N([C@@H](C)CO)C[C@H]2C)cc1. The number of likely N-dealkylation sites (N-methyl/N-ethyl adjacent to an activating group) is 1. The Morgan fingerprint density at radius 1 is 1.31 bits per heavy atom. The molecule has 12 heteroatoms. The molecule has 194 valence electrons. The number of nitrogens with zero attached hydrogens (tertiary/aromatic N) is 5. The van der Waals surface area contributed by atoms with Crippen LogP contribution in [0, 0.1) is 5.92 Å². The van der Waals surface area contributed by atoms with Crippen LogP contribution in [0.15, 0.2) is 35.4 Å². The Morgan fingerprint density at radius 2 is 2.03 bits per heavy atom. The molecule has 0 fully saturated rings. The van der Waals surface area contributed by atoms with Crippen LogP contribution in [-0.4, -0.2) is 89.6 Å². The second-order valence-corrected chi connectivity index (χ2v) is 11.0. The quantitative estimate of drug-likeness (QED) is 0.589. The van der Waals surface area contributed by atoms with Crippen LogP contribution in [0.2, 0.25) is 0 Å². The maximum atomic E-state index is 13.2. The molecular formula is C23H35N5O6S. The summed E-state index contributed by atoms with van der Waals surface area (Å²) in [4.78, 5) is 14.8. The van der Waals surface area contributed by atoms with E-state index < -0.39 is 16.1 Å². The molecule has 1 aliphatic rings. The minimum Gasteiger partial charge on any atom is -0.497 e. The zero-order valence-electron chi connectivity index (χ0n) is 20.7. The number of sulfonamides is 1. The monoisotopic (exact) mass is 509 g/mol. The minimum atomic E-state index is -3.78. The molecule has 1 aromatic heterocycles. The van der Waals surface area contributed by atoms with Crippen LogP contribution in [0.3, 0.4) is 0 Å². The summed E-state index contributed by atoms with van der Waals surface area (Å²) >= 11 is 0.